The molecule has 0 spiro atoms. The number of carboxylic acids is 1. The van der Waals surface area contributed by atoms with Gasteiger partial charge in [0.2, 0.25) is 0 Å². The molecule has 1 aromatic heterocycles. The molecule has 2 aliphatic rings. The van der Waals surface area contributed by atoms with E-state index in [1.54, 1.807) is 0 Å². The quantitative estimate of drug-likeness (QED) is 0.234. The number of anilines is 1. The Hall–Kier alpha value is -2.60. The second kappa shape index (κ2) is 6.13. The van der Waals surface area contributed by atoms with Crippen molar-refractivity contribution in [2.75, 3.05) is 11.5 Å². The third-order valence-electron chi connectivity index (χ3n) is 3.43. The summed E-state index contributed by atoms with van der Waals surface area (Å²) in [4.78, 5) is 40.3. The largest absolute Gasteiger partial charge is 0.478 e. The lowest BCUT2D eigenvalue weighted by atomic mass is 10.1. The summed E-state index contributed by atoms with van der Waals surface area (Å²) < 4.78 is 0. The number of amides is 2. The fourth-order valence-electron chi connectivity index (χ4n) is 2.25. The van der Waals surface area contributed by atoms with Gasteiger partial charge in [0.1, 0.15) is 17.1 Å². The Morgan fingerprint density at radius 2 is 2.25 bits per heavy atom. The van der Waals surface area contributed by atoms with Crippen molar-refractivity contribution >= 4 is 51.7 Å². The normalized spacial score (nSPS) is 23.2. The van der Waals surface area contributed by atoms with Gasteiger partial charge in [-0.2, -0.15) is 0 Å². The number of aromatic nitrogens is 1. The Morgan fingerprint density at radius 3 is 2.83 bits per heavy atom. The highest BCUT2D eigenvalue weighted by atomic mass is 32.2. The second-order valence-electron chi connectivity index (χ2n) is 4.88. The molecule has 0 radical (unpaired) electrons. The molecule has 2 amide bonds. The highest BCUT2D eigenvalue weighted by Gasteiger charge is 2.50. The molecule has 0 aliphatic carbocycles. The zero-order valence-electron chi connectivity index (χ0n) is 11.9. The van der Waals surface area contributed by atoms with Crippen molar-refractivity contribution in [1.29, 1.82) is 0 Å². The molecule has 3 rings (SSSR count). The Bertz CT molecular complexity index is 789. The molecule has 12 heteroatoms. The van der Waals surface area contributed by atoms with Gasteiger partial charge in [-0.25, -0.2) is 9.78 Å². The molecular formula is C12H11N5O5S2. The molecular weight excluding hydrogens is 358 g/mol. The monoisotopic (exact) mass is 369 g/mol. The fraction of sp³-hybridized carbons (Fsp3) is 0.250. The summed E-state index contributed by atoms with van der Waals surface area (Å²) in [6.45, 7) is 0. The molecule has 2 atom stereocenters. The summed E-state index contributed by atoms with van der Waals surface area (Å²) in [5.41, 5.74) is 5.35. The van der Waals surface area contributed by atoms with E-state index in [0.29, 0.717) is 0 Å². The standard InChI is InChI=1S/C12H11N5O5S2/c13-12-14-5(3-24-12)6(16-22)8(18)15-7-9(19)17-1-4(11(20)21)2-23-10(7)17/h1,3,7,10,22H,2H2,(H2,13,14)(H,15,18)(H,20,21)/t7?,10-/m1/s1. The van der Waals surface area contributed by atoms with Crippen molar-refractivity contribution < 1.29 is 24.7 Å². The van der Waals surface area contributed by atoms with E-state index in [9.17, 15) is 14.4 Å². The van der Waals surface area contributed by atoms with Crippen LogP contribution in [0, 0.1) is 0 Å². The lowest BCUT2D eigenvalue weighted by Gasteiger charge is -2.46. The van der Waals surface area contributed by atoms with Crippen LogP contribution in [0.15, 0.2) is 22.3 Å². The number of carbonyl (C=O) groups is 3. The maximum Gasteiger partial charge on any atom is 0.333 e. The number of β-lactam (4-membered cyclic amide) rings is 1. The number of thiazole rings is 1. The van der Waals surface area contributed by atoms with Crippen LogP contribution >= 0.6 is 23.1 Å². The molecule has 1 unspecified atom stereocenters. The second-order valence-corrected chi connectivity index (χ2v) is 6.87. The van der Waals surface area contributed by atoms with Crippen LogP contribution in [-0.4, -0.2) is 60.9 Å². The number of nitrogens with two attached hydrogens (primary N) is 1. The molecule has 10 nitrogen and oxygen atoms in total. The van der Waals surface area contributed by atoms with Crippen molar-refractivity contribution in [2.24, 2.45) is 5.16 Å². The Kier molecular flexibility index (Phi) is 4.15. The SMILES string of the molecule is Nc1nc(C(=NO)C(=O)NC2C(=O)N3C=C(C(=O)O)CS[C@H]23)cs1. The third-order valence-corrected chi connectivity index (χ3v) is 5.42. The smallest absolute Gasteiger partial charge is 0.333 e. The summed E-state index contributed by atoms with van der Waals surface area (Å²) in [6.07, 6.45) is 1.27. The van der Waals surface area contributed by atoms with Gasteiger partial charge in [-0.15, -0.1) is 23.1 Å². The zero-order chi connectivity index (χ0) is 17.4. The van der Waals surface area contributed by atoms with Gasteiger partial charge in [0, 0.05) is 17.3 Å². The first-order chi connectivity index (χ1) is 11.4. The van der Waals surface area contributed by atoms with E-state index in [-0.39, 0.29) is 27.9 Å². The number of hydrogen-bond donors (Lipinski definition) is 4. The summed E-state index contributed by atoms with van der Waals surface area (Å²) in [5.74, 6) is -2.07. The van der Waals surface area contributed by atoms with Gasteiger partial charge in [-0.3, -0.25) is 9.59 Å². The minimum atomic E-state index is -1.09. The van der Waals surface area contributed by atoms with E-state index in [1.165, 1.54) is 28.2 Å². The Labute approximate surface area is 143 Å². The van der Waals surface area contributed by atoms with E-state index in [1.807, 2.05) is 0 Å². The van der Waals surface area contributed by atoms with Crippen molar-refractivity contribution in [3.63, 3.8) is 0 Å². The van der Waals surface area contributed by atoms with Gasteiger partial charge < -0.3 is 26.3 Å². The minimum absolute atomic E-state index is 0.102. The van der Waals surface area contributed by atoms with Gasteiger partial charge in [0.25, 0.3) is 11.8 Å². The van der Waals surface area contributed by atoms with E-state index < -0.39 is 29.2 Å². The van der Waals surface area contributed by atoms with Gasteiger partial charge in [0.05, 0.1) is 5.57 Å². The summed E-state index contributed by atoms with van der Waals surface area (Å²) in [6, 6.07) is -0.832. The molecule has 126 valence electrons. The number of aliphatic carboxylic acids is 1. The first kappa shape index (κ1) is 16.3. The first-order valence-electron chi connectivity index (χ1n) is 6.54. The van der Waals surface area contributed by atoms with Crippen LogP contribution in [0.5, 0.6) is 0 Å². The molecule has 1 aromatic rings. The van der Waals surface area contributed by atoms with Crippen molar-refractivity contribution in [3.8, 4) is 0 Å². The number of carbonyl (C=O) groups excluding carboxylic acids is 2. The maximum absolute atomic E-state index is 12.2. The number of fused-ring (bicyclic) bond motifs is 1. The van der Waals surface area contributed by atoms with Crippen LogP contribution in [-0.2, 0) is 14.4 Å². The number of hydrogen-bond acceptors (Lipinski definition) is 9. The lowest BCUT2D eigenvalue weighted by molar-refractivity contribution is -0.144. The van der Waals surface area contributed by atoms with Crippen LogP contribution < -0.4 is 11.1 Å². The first-order valence-corrected chi connectivity index (χ1v) is 8.47. The van der Waals surface area contributed by atoms with E-state index in [4.69, 9.17) is 16.0 Å². The van der Waals surface area contributed by atoms with E-state index in [2.05, 4.69) is 15.5 Å². The molecule has 0 saturated carbocycles. The van der Waals surface area contributed by atoms with E-state index >= 15 is 0 Å². The lowest BCUT2D eigenvalue weighted by Crippen LogP contribution is -2.69. The number of thioether (sulfide) groups is 1. The molecule has 3 heterocycles. The zero-order valence-corrected chi connectivity index (χ0v) is 13.5. The number of oxime groups is 1. The Balaban J connectivity index is 1.70. The van der Waals surface area contributed by atoms with Crippen LogP contribution in [0.1, 0.15) is 5.69 Å². The number of nitrogens with one attached hydrogen (secondary N) is 1. The number of rotatable bonds is 4. The number of nitrogen functional groups attached to an aromatic ring is 1. The van der Waals surface area contributed by atoms with Gasteiger partial charge in [0.15, 0.2) is 10.8 Å². The van der Waals surface area contributed by atoms with Crippen molar-refractivity contribution in [1.82, 2.24) is 15.2 Å². The Morgan fingerprint density at radius 1 is 1.50 bits per heavy atom. The third kappa shape index (κ3) is 2.69. The van der Waals surface area contributed by atoms with Gasteiger partial charge in [-0.05, 0) is 0 Å². The van der Waals surface area contributed by atoms with Crippen LogP contribution in [0.2, 0.25) is 0 Å². The molecule has 5 N–H and O–H groups in total. The predicted octanol–water partition coefficient (Wildman–Crippen LogP) is -0.728. The van der Waals surface area contributed by atoms with E-state index in [0.717, 1.165) is 11.3 Å². The van der Waals surface area contributed by atoms with Gasteiger partial charge >= 0.3 is 5.97 Å². The maximum atomic E-state index is 12.2. The predicted molar refractivity (Wildman–Crippen MR) is 85.6 cm³/mol. The number of nitrogens with zero attached hydrogens (tertiary/aromatic N) is 3. The fourth-order valence-corrected chi connectivity index (χ4v) is 4.05. The molecule has 0 bridgehead atoms. The summed E-state index contributed by atoms with van der Waals surface area (Å²) in [7, 11) is 0. The highest BCUT2D eigenvalue weighted by molar-refractivity contribution is 8.00. The topological polar surface area (TPSA) is 158 Å². The average molecular weight is 369 g/mol. The van der Waals surface area contributed by atoms with Crippen LogP contribution in [0.4, 0.5) is 5.13 Å². The van der Waals surface area contributed by atoms with Crippen molar-refractivity contribution in [3.05, 3.63) is 22.8 Å². The molecule has 2 aliphatic heterocycles. The van der Waals surface area contributed by atoms with Crippen molar-refractivity contribution in [2.45, 2.75) is 11.4 Å². The van der Waals surface area contributed by atoms with Crippen LogP contribution in [0.3, 0.4) is 0 Å². The molecule has 1 saturated heterocycles. The average Bonchev–Trinajstić information content (AvgIpc) is 2.98. The highest BCUT2D eigenvalue weighted by Crippen LogP contribution is 2.36. The van der Waals surface area contributed by atoms with Crippen LogP contribution in [0.25, 0.3) is 0 Å². The molecule has 0 aromatic carbocycles. The van der Waals surface area contributed by atoms with Gasteiger partial charge in [-0.1, -0.05) is 5.16 Å². The molecule has 24 heavy (non-hydrogen) atoms. The minimum Gasteiger partial charge on any atom is -0.478 e. The summed E-state index contributed by atoms with van der Waals surface area (Å²) in [5, 5.41) is 24.6. The number of carboxylic acid groups (broad SMARTS) is 1. The summed E-state index contributed by atoms with van der Waals surface area (Å²) >= 11 is 2.31. The molecule has 1 fully saturated rings.